The zero-order valence-corrected chi connectivity index (χ0v) is 10.3. The average Bonchev–Trinajstić information content (AvgIpc) is 2.76. The topological polar surface area (TPSA) is 29.3 Å². The molecule has 2 fully saturated rings. The maximum absolute atomic E-state index is 6.08. The molecule has 0 aromatic carbocycles. The highest BCUT2D eigenvalue weighted by molar-refractivity contribution is 4.98. The fourth-order valence-electron chi connectivity index (χ4n) is 3.48. The maximum atomic E-state index is 6.08. The quantitative estimate of drug-likeness (QED) is 0.757. The van der Waals surface area contributed by atoms with Gasteiger partial charge in [-0.3, -0.25) is 4.90 Å². The average molecular weight is 210 g/mol. The summed E-state index contributed by atoms with van der Waals surface area (Å²) in [6.07, 6.45) is 6.78. The van der Waals surface area contributed by atoms with Crippen molar-refractivity contribution in [2.24, 2.45) is 17.6 Å². The summed E-state index contributed by atoms with van der Waals surface area (Å²) in [6.45, 7) is 8.25. The SMILES string of the molecule is CC1CCC(CN)(N2CCCC2)CC1C. The van der Waals surface area contributed by atoms with Crippen LogP contribution in [0, 0.1) is 11.8 Å². The Bertz CT molecular complexity index is 211. The first-order chi connectivity index (χ1) is 7.18. The van der Waals surface area contributed by atoms with Crippen molar-refractivity contribution in [2.45, 2.75) is 51.5 Å². The largest absolute Gasteiger partial charge is 0.329 e. The molecule has 2 rings (SSSR count). The van der Waals surface area contributed by atoms with E-state index in [0.29, 0.717) is 5.54 Å². The van der Waals surface area contributed by atoms with Gasteiger partial charge in [0.05, 0.1) is 0 Å². The van der Waals surface area contributed by atoms with Crippen LogP contribution in [0.1, 0.15) is 46.0 Å². The molecule has 2 nitrogen and oxygen atoms in total. The molecule has 2 N–H and O–H groups in total. The normalized spacial score (nSPS) is 43.4. The maximum Gasteiger partial charge on any atom is 0.0334 e. The van der Waals surface area contributed by atoms with E-state index in [9.17, 15) is 0 Å². The van der Waals surface area contributed by atoms with Crippen molar-refractivity contribution < 1.29 is 0 Å². The number of likely N-dealkylation sites (tertiary alicyclic amines) is 1. The lowest BCUT2D eigenvalue weighted by Gasteiger charge is -2.48. The van der Waals surface area contributed by atoms with Crippen molar-refractivity contribution in [1.29, 1.82) is 0 Å². The Balaban J connectivity index is 2.07. The summed E-state index contributed by atoms with van der Waals surface area (Å²) >= 11 is 0. The highest BCUT2D eigenvalue weighted by Crippen LogP contribution is 2.40. The van der Waals surface area contributed by atoms with E-state index in [1.165, 1.54) is 45.2 Å². The summed E-state index contributed by atoms with van der Waals surface area (Å²) < 4.78 is 0. The van der Waals surface area contributed by atoms with Crippen LogP contribution in [0.4, 0.5) is 0 Å². The molecule has 0 radical (unpaired) electrons. The fraction of sp³-hybridized carbons (Fsp3) is 1.00. The van der Waals surface area contributed by atoms with Gasteiger partial charge in [0.25, 0.3) is 0 Å². The van der Waals surface area contributed by atoms with Crippen LogP contribution in [0.3, 0.4) is 0 Å². The molecule has 1 aliphatic carbocycles. The Labute approximate surface area is 94.2 Å². The van der Waals surface area contributed by atoms with Crippen LogP contribution in [0.5, 0.6) is 0 Å². The molecule has 88 valence electrons. The van der Waals surface area contributed by atoms with Crippen molar-refractivity contribution in [2.75, 3.05) is 19.6 Å². The van der Waals surface area contributed by atoms with E-state index >= 15 is 0 Å². The molecular formula is C13H26N2. The first kappa shape index (κ1) is 11.4. The van der Waals surface area contributed by atoms with E-state index in [4.69, 9.17) is 5.73 Å². The van der Waals surface area contributed by atoms with Crippen molar-refractivity contribution in [3.8, 4) is 0 Å². The summed E-state index contributed by atoms with van der Waals surface area (Å²) in [7, 11) is 0. The third-order valence-corrected chi connectivity index (χ3v) is 4.90. The van der Waals surface area contributed by atoms with Crippen molar-refractivity contribution in [1.82, 2.24) is 4.90 Å². The molecule has 0 bridgehead atoms. The van der Waals surface area contributed by atoms with Crippen molar-refractivity contribution in [3.63, 3.8) is 0 Å². The molecule has 15 heavy (non-hydrogen) atoms. The van der Waals surface area contributed by atoms with Gasteiger partial charge in [0.2, 0.25) is 0 Å². The lowest BCUT2D eigenvalue weighted by atomic mass is 9.70. The van der Waals surface area contributed by atoms with Crippen LogP contribution in [0.15, 0.2) is 0 Å². The Morgan fingerprint density at radius 2 is 1.87 bits per heavy atom. The first-order valence-corrected chi connectivity index (χ1v) is 6.63. The standard InChI is InChI=1S/C13H26N2/c1-11-5-6-13(10-14,9-12(11)2)15-7-3-4-8-15/h11-12H,3-10,14H2,1-2H3. The van der Waals surface area contributed by atoms with E-state index in [1.54, 1.807) is 0 Å². The Kier molecular flexibility index (Phi) is 3.36. The van der Waals surface area contributed by atoms with E-state index in [1.807, 2.05) is 0 Å². The highest BCUT2D eigenvalue weighted by atomic mass is 15.2. The number of hydrogen-bond donors (Lipinski definition) is 1. The summed E-state index contributed by atoms with van der Waals surface area (Å²) in [4.78, 5) is 2.69. The van der Waals surface area contributed by atoms with Gasteiger partial charge in [-0.2, -0.15) is 0 Å². The molecule has 2 heteroatoms. The molecule has 3 unspecified atom stereocenters. The monoisotopic (exact) mass is 210 g/mol. The van der Waals surface area contributed by atoms with E-state index < -0.39 is 0 Å². The summed E-state index contributed by atoms with van der Waals surface area (Å²) in [5.74, 6) is 1.75. The van der Waals surface area contributed by atoms with Crippen molar-refractivity contribution in [3.05, 3.63) is 0 Å². The van der Waals surface area contributed by atoms with Gasteiger partial charge in [-0.1, -0.05) is 13.8 Å². The molecule has 1 heterocycles. The third-order valence-electron chi connectivity index (χ3n) is 4.90. The minimum absolute atomic E-state index is 0.364. The van der Waals surface area contributed by atoms with Crippen molar-refractivity contribution >= 4 is 0 Å². The predicted octanol–water partition coefficient (Wildman–Crippen LogP) is 2.24. The van der Waals surface area contributed by atoms with Gasteiger partial charge in [-0.15, -0.1) is 0 Å². The molecule has 0 aromatic rings. The number of hydrogen-bond acceptors (Lipinski definition) is 2. The van der Waals surface area contributed by atoms with E-state index in [2.05, 4.69) is 18.7 Å². The summed E-state index contributed by atoms with van der Waals surface area (Å²) in [5, 5.41) is 0. The van der Waals surface area contributed by atoms with E-state index in [-0.39, 0.29) is 0 Å². The second kappa shape index (κ2) is 4.42. The second-order valence-corrected chi connectivity index (χ2v) is 5.82. The molecular weight excluding hydrogens is 184 g/mol. The van der Waals surface area contributed by atoms with E-state index in [0.717, 1.165) is 18.4 Å². The minimum atomic E-state index is 0.364. The third kappa shape index (κ3) is 2.07. The molecule has 1 saturated carbocycles. The number of rotatable bonds is 2. The molecule has 0 spiro atoms. The smallest absolute Gasteiger partial charge is 0.0334 e. The van der Waals surface area contributed by atoms with Gasteiger partial charge in [-0.25, -0.2) is 0 Å². The molecule has 1 saturated heterocycles. The molecule has 1 aliphatic heterocycles. The molecule has 0 aromatic heterocycles. The van der Waals surface area contributed by atoms with Gasteiger partial charge < -0.3 is 5.73 Å². The molecule has 0 amide bonds. The minimum Gasteiger partial charge on any atom is -0.329 e. The Hall–Kier alpha value is -0.0800. The van der Waals surface area contributed by atoms with Crippen LogP contribution in [-0.4, -0.2) is 30.1 Å². The van der Waals surface area contributed by atoms with Gasteiger partial charge in [0.15, 0.2) is 0 Å². The molecule has 3 atom stereocenters. The molecule has 2 aliphatic rings. The number of nitrogens with zero attached hydrogens (tertiary/aromatic N) is 1. The van der Waals surface area contributed by atoms with Gasteiger partial charge in [0.1, 0.15) is 0 Å². The van der Waals surface area contributed by atoms with Crippen LogP contribution in [0.25, 0.3) is 0 Å². The fourth-order valence-corrected chi connectivity index (χ4v) is 3.48. The second-order valence-electron chi connectivity index (χ2n) is 5.82. The summed E-state index contributed by atoms with van der Waals surface area (Å²) in [5.41, 5.74) is 6.45. The Morgan fingerprint density at radius 3 is 2.40 bits per heavy atom. The van der Waals surface area contributed by atoms with Crippen LogP contribution >= 0.6 is 0 Å². The van der Waals surface area contributed by atoms with Crippen LogP contribution < -0.4 is 5.73 Å². The predicted molar refractivity (Wildman–Crippen MR) is 64.8 cm³/mol. The van der Waals surface area contributed by atoms with Crippen LogP contribution in [-0.2, 0) is 0 Å². The Morgan fingerprint density at radius 1 is 1.20 bits per heavy atom. The van der Waals surface area contributed by atoms with Gasteiger partial charge in [0, 0.05) is 12.1 Å². The zero-order chi connectivity index (χ0) is 10.9. The lowest BCUT2D eigenvalue weighted by Crippen LogP contribution is -2.56. The van der Waals surface area contributed by atoms with Gasteiger partial charge in [-0.05, 0) is 57.0 Å². The van der Waals surface area contributed by atoms with Gasteiger partial charge >= 0.3 is 0 Å². The zero-order valence-electron chi connectivity index (χ0n) is 10.3. The highest BCUT2D eigenvalue weighted by Gasteiger charge is 2.41. The van der Waals surface area contributed by atoms with Crippen LogP contribution in [0.2, 0.25) is 0 Å². The number of nitrogens with two attached hydrogens (primary N) is 1. The summed E-state index contributed by atoms with van der Waals surface area (Å²) in [6, 6.07) is 0. The first-order valence-electron chi connectivity index (χ1n) is 6.63. The lowest BCUT2D eigenvalue weighted by molar-refractivity contribution is 0.0388.